The molecule has 1 saturated heterocycles. The second kappa shape index (κ2) is 6.65. The quantitative estimate of drug-likeness (QED) is 0.920. The fourth-order valence-corrected chi connectivity index (χ4v) is 3.73. The summed E-state index contributed by atoms with van der Waals surface area (Å²) in [6, 6.07) is 5.45. The number of piperidine rings is 1. The van der Waals surface area contributed by atoms with E-state index in [0.29, 0.717) is 18.7 Å². The Morgan fingerprint density at radius 1 is 1.32 bits per heavy atom. The zero-order chi connectivity index (χ0) is 13.2. The summed E-state index contributed by atoms with van der Waals surface area (Å²) in [6.45, 7) is 0.904. The molecule has 1 unspecified atom stereocenters. The van der Waals surface area contributed by atoms with Crippen molar-refractivity contribution in [1.82, 2.24) is 4.31 Å². The molecular formula is C12H18ClFN2O2S. The van der Waals surface area contributed by atoms with Crippen LogP contribution in [-0.4, -0.2) is 31.9 Å². The zero-order valence-corrected chi connectivity index (χ0v) is 12.1. The molecule has 0 spiro atoms. The highest BCUT2D eigenvalue weighted by Crippen LogP contribution is 2.17. The van der Waals surface area contributed by atoms with Crippen molar-refractivity contribution in [2.24, 2.45) is 5.73 Å². The summed E-state index contributed by atoms with van der Waals surface area (Å²) in [6.07, 6.45) is 1.66. The first-order valence-corrected chi connectivity index (χ1v) is 7.56. The summed E-state index contributed by atoms with van der Waals surface area (Å²) in [5, 5.41) is 0. The maximum atomic E-state index is 12.7. The molecule has 0 bridgehead atoms. The second-order valence-electron chi connectivity index (χ2n) is 4.64. The Morgan fingerprint density at radius 3 is 2.53 bits per heavy atom. The van der Waals surface area contributed by atoms with E-state index in [1.807, 2.05) is 0 Å². The average molecular weight is 309 g/mol. The van der Waals surface area contributed by atoms with Crippen LogP contribution in [-0.2, 0) is 15.8 Å². The van der Waals surface area contributed by atoms with Gasteiger partial charge in [-0.25, -0.2) is 17.1 Å². The number of rotatable bonds is 3. The highest BCUT2D eigenvalue weighted by molar-refractivity contribution is 7.88. The molecule has 2 rings (SSSR count). The van der Waals surface area contributed by atoms with E-state index in [1.54, 1.807) is 0 Å². The molecule has 19 heavy (non-hydrogen) atoms. The van der Waals surface area contributed by atoms with Crippen molar-refractivity contribution >= 4 is 22.4 Å². The number of nitrogens with two attached hydrogens (primary N) is 1. The van der Waals surface area contributed by atoms with Crippen LogP contribution in [0.3, 0.4) is 0 Å². The van der Waals surface area contributed by atoms with Crippen molar-refractivity contribution < 1.29 is 12.8 Å². The van der Waals surface area contributed by atoms with Crippen LogP contribution in [0.15, 0.2) is 24.3 Å². The van der Waals surface area contributed by atoms with Crippen LogP contribution in [0.25, 0.3) is 0 Å². The van der Waals surface area contributed by atoms with E-state index in [1.165, 1.54) is 28.6 Å². The van der Waals surface area contributed by atoms with Crippen molar-refractivity contribution in [3.63, 3.8) is 0 Å². The lowest BCUT2D eigenvalue weighted by Gasteiger charge is -2.29. The molecule has 4 nitrogen and oxygen atoms in total. The normalized spacial score (nSPS) is 20.8. The van der Waals surface area contributed by atoms with E-state index >= 15 is 0 Å². The molecule has 108 valence electrons. The molecule has 0 aliphatic carbocycles. The summed E-state index contributed by atoms with van der Waals surface area (Å²) in [5.74, 6) is -0.462. The fraction of sp³-hybridized carbons (Fsp3) is 0.500. The van der Waals surface area contributed by atoms with Crippen LogP contribution in [0.2, 0.25) is 0 Å². The largest absolute Gasteiger partial charge is 0.327 e. The minimum Gasteiger partial charge on any atom is -0.327 e. The van der Waals surface area contributed by atoms with Gasteiger partial charge in [-0.3, -0.25) is 0 Å². The van der Waals surface area contributed by atoms with Gasteiger partial charge < -0.3 is 5.73 Å². The van der Waals surface area contributed by atoms with Gasteiger partial charge in [0.05, 0.1) is 5.75 Å². The van der Waals surface area contributed by atoms with Gasteiger partial charge in [0.25, 0.3) is 0 Å². The molecule has 1 fully saturated rings. The van der Waals surface area contributed by atoms with Crippen molar-refractivity contribution in [3.05, 3.63) is 35.6 Å². The number of sulfonamides is 1. The average Bonchev–Trinajstić information content (AvgIpc) is 2.32. The monoisotopic (exact) mass is 308 g/mol. The van der Waals surface area contributed by atoms with Crippen LogP contribution in [0.5, 0.6) is 0 Å². The van der Waals surface area contributed by atoms with E-state index in [-0.39, 0.29) is 30.0 Å². The molecule has 1 atom stereocenters. The van der Waals surface area contributed by atoms with Crippen LogP contribution >= 0.6 is 12.4 Å². The highest BCUT2D eigenvalue weighted by atomic mass is 35.5. The van der Waals surface area contributed by atoms with Gasteiger partial charge in [0.2, 0.25) is 10.0 Å². The molecule has 0 amide bonds. The number of benzene rings is 1. The predicted molar refractivity (Wildman–Crippen MR) is 75.1 cm³/mol. The van der Waals surface area contributed by atoms with Gasteiger partial charge in [0, 0.05) is 19.1 Å². The third-order valence-electron chi connectivity index (χ3n) is 3.08. The minimum absolute atomic E-state index is 0. The second-order valence-corrected chi connectivity index (χ2v) is 6.61. The van der Waals surface area contributed by atoms with E-state index in [2.05, 4.69) is 0 Å². The number of hydrogen-bond donors (Lipinski definition) is 1. The molecule has 1 heterocycles. The number of halogens is 2. The third-order valence-corrected chi connectivity index (χ3v) is 4.89. The van der Waals surface area contributed by atoms with Crippen LogP contribution in [0.4, 0.5) is 4.39 Å². The smallest absolute Gasteiger partial charge is 0.218 e. The SMILES string of the molecule is Cl.NC1CCCN(S(=O)(=O)Cc2ccc(F)cc2)C1. The van der Waals surface area contributed by atoms with Gasteiger partial charge in [0.1, 0.15) is 5.82 Å². The fourth-order valence-electron chi connectivity index (χ4n) is 2.11. The minimum atomic E-state index is -3.35. The maximum absolute atomic E-state index is 12.7. The molecule has 2 N–H and O–H groups in total. The number of hydrogen-bond acceptors (Lipinski definition) is 3. The van der Waals surface area contributed by atoms with Gasteiger partial charge in [-0.2, -0.15) is 0 Å². The Labute approximate surface area is 119 Å². The summed E-state index contributed by atoms with van der Waals surface area (Å²) in [5.41, 5.74) is 6.37. The van der Waals surface area contributed by atoms with E-state index in [9.17, 15) is 12.8 Å². The first kappa shape index (κ1) is 16.4. The van der Waals surface area contributed by atoms with Gasteiger partial charge >= 0.3 is 0 Å². The summed E-state index contributed by atoms with van der Waals surface area (Å²) in [4.78, 5) is 0. The zero-order valence-electron chi connectivity index (χ0n) is 10.5. The van der Waals surface area contributed by atoms with Gasteiger partial charge in [0.15, 0.2) is 0 Å². The Balaban J connectivity index is 0.00000180. The summed E-state index contributed by atoms with van der Waals surface area (Å²) in [7, 11) is -3.35. The Hall–Kier alpha value is -0.690. The Bertz CT molecular complexity index is 507. The first-order valence-electron chi connectivity index (χ1n) is 5.95. The highest BCUT2D eigenvalue weighted by Gasteiger charge is 2.27. The van der Waals surface area contributed by atoms with Crippen LogP contribution in [0.1, 0.15) is 18.4 Å². The molecule has 7 heteroatoms. The van der Waals surface area contributed by atoms with Gasteiger partial charge in [-0.05, 0) is 30.5 Å². The molecule has 0 radical (unpaired) electrons. The van der Waals surface area contributed by atoms with Gasteiger partial charge in [-0.15, -0.1) is 12.4 Å². The lowest BCUT2D eigenvalue weighted by Crippen LogP contribution is -2.46. The summed E-state index contributed by atoms with van der Waals surface area (Å²) < 4.78 is 38.5. The van der Waals surface area contributed by atoms with E-state index in [0.717, 1.165) is 12.8 Å². The molecule has 0 aromatic heterocycles. The Morgan fingerprint density at radius 2 is 1.95 bits per heavy atom. The van der Waals surface area contributed by atoms with Crippen LogP contribution < -0.4 is 5.73 Å². The standard InChI is InChI=1S/C12H17FN2O2S.ClH/c13-11-5-3-10(4-6-11)9-18(16,17)15-7-1-2-12(14)8-15;/h3-6,12H,1-2,7-9,14H2;1H. The first-order chi connectivity index (χ1) is 8.47. The van der Waals surface area contributed by atoms with Crippen molar-refractivity contribution in [1.29, 1.82) is 0 Å². The van der Waals surface area contributed by atoms with Crippen molar-refractivity contribution in [2.75, 3.05) is 13.1 Å². The van der Waals surface area contributed by atoms with Crippen LogP contribution in [0, 0.1) is 5.82 Å². The molecule has 0 saturated carbocycles. The Kier molecular flexibility index (Phi) is 5.73. The molecule has 1 aliphatic rings. The third kappa shape index (κ3) is 4.42. The molecule has 1 aromatic rings. The van der Waals surface area contributed by atoms with Gasteiger partial charge in [-0.1, -0.05) is 12.1 Å². The number of nitrogens with zero attached hydrogens (tertiary/aromatic N) is 1. The predicted octanol–water partition coefficient (Wildman–Crippen LogP) is 1.50. The van der Waals surface area contributed by atoms with E-state index in [4.69, 9.17) is 5.73 Å². The molecule has 1 aliphatic heterocycles. The lowest BCUT2D eigenvalue weighted by atomic mass is 10.1. The lowest BCUT2D eigenvalue weighted by molar-refractivity contribution is 0.316. The topological polar surface area (TPSA) is 63.4 Å². The van der Waals surface area contributed by atoms with Crippen molar-refractivity contribution in [2.45, 2.75) is 24.6 Å². The maximum Gasteiger partial charge on any atom is 0.218 e. The van der Waals surface area contributed by atoms with Crippen molar-refractivity contribution in [3.8, 4) is 0 Å². The van der Waals surface area contributed by atoms with E-state index < -0.39 is 10.0 Å². The summed E-state index contributed by atoms with van der Waals surface area (Å²) >= 11 is 0. The molecular weight excluding hydrogens is 291 g/mol. The molecule has 1 aromatic carbocycles.